The first kappa shape index (κ1) is 8.31. The summed E-state index contributed by atoms with van der Waals surface area (Å²) in [6, 6.07) is 0.425. The molecule has 1 rings (SSSR count). The van der Waals surface area contributed by atoms with Gasteiger partial charge in [-0.2, -0.15) is 0 Å². The van der Waals surface area contributed by atoms with Crippen LogP contribution >= 0.6 is 0 Å². The topological polar surface area (TPSA) is 21.6 Å². The summed E-state index contributed by atoms with van der Waals surface area (Å²) in [7, 11) is 0. The third-order valence-electron chi connectivity index (χ3n) is 1.49. The highest BCUT2D eigenvalue weighted by Crippen LogP contribution is 2.10. The number of dihydropyridines is 1. The molecule has 1 aliphatic rings. The summed E-state index contributed by atoms with van der Waals surface area (Å²) < 4.78 is 5.45. The summed E-state index contributed by atoms with van der Waals surface area (Å²) in [5, 5.41) is 0. The van der Waals surface area contributed by atoms with Crippen LogP contribution in [0.1, 0.15) is 27.2 Å². The smallest absolute Gasteiger partial charge is 0.133 e. The molecule has 0 aliphatic carbocycles. The second-order valence-corrected chi connectivity index (χ2v) is 3.14. The molecular formula is C9H15NO. The zero-order valence-corrected chi connectivity index (χ0v) is 7.37. The van der Waals surface area contributed by atoms with Crippen LogP contribution in [0.15, 0.2) is 16.8 Å². The summed E-state index contributed by atoms with van der Waals surface area (Å²) in [5.41, 5.74) is 0. The van der Waals surface area contributed by atoms with Crippen molar-refractivity contribution in [3.8, 4) is 0 Å². The SMILES string of the molecule is CC1CC=C(OC(C)C)C=N1. The normalized spacial score (nSPS) is 23.6. The third kappa shape index (κ3) is 2.74. The van der Waals surface area contributed by atoms with Gasteiger partial charge in [-0.1, -0.05) is 0 Å². The van der Waals surface area contributed by atoms with E-state index < -0.39 is 0 Å². The molecule has 1 heterocycles. The molecule has 0 aromatic rings. The number of hydrogen-bond donors (Lipinski definition) is 0. The number of nitrogens with zero attached hydrogens (tertiary/aromatic N) is 1. The molecule has 62 valence electrons. The average Bonchev–Trinajstić information content (AvgIpc) is 1.93. The number of allylic oxidation sites excluding steroid dienone is 1. The molecule has 0 N–H and O–H groups in total. The first-order valence-electron chi connectivity index (χ1n) is 4.08. The van der Waals surface area contributed by atoms with E-state index in [-0.39, 0.29) is 6.10 Å². The molecule has 0 aromatic heterocycles. The summed E-state index contributed by atoms with van der Waals surface area (Å²) in [6.45, 7) is 6.14. The minimum Gasteiger partial charge on any atom is -0.490 e. The van der Waals surface area contributed by atoms with Crippen LogP contribution in [-0.4, -0.2) is 18.4 Å². The van der Waals surface area contributed by atoms with Gasteiger partial charge >= 0.3 is 0 Å². The highest BCUT2D eigenvalue weighted by molar-refractivity contribution is 5.76. The summed E-state index contributed by atoms with van der Waals surface area (Å²) in [5.74, 6) is 0.915. The van der Waals surface area contributed by atoms with Crippen LogP contribution in [0.3, 0.4) is 0 Å². The Balaban J connectivity index is 2.43. The number of rotatable bonds is 2. The predicted molar refractivity (Wildman–Crippen MR) is 46.9 cm³/mol. The lowest BCUT2D eigenvalue weighted by Crippen LogP contribution is -2.09. The Morgan fingerprint density at radius 2 is 2.36 bits per heavy atom. The van der Waals surface area contributed by atoms with Gasteiger partial charge in [-0.05, 0) is 33.3 Å². The van der Waals surface area contributed by atoms with Crippen molar-refractivity contribution in [2.75, 3.05) is 0 Å². The molecule has 0 spiro atoms. The van der Waals surface area contributed by atoms with Gasteiger partial charge < -0.3 is 4.74 Å². The highest BCUT2D eigenvalue weighted by Gasteiger charge is 2.05. The maximum absolute atomic E-state index is 5.45. The number of ether oxygens (including phenoxy) is 1. The Kier molecular flexibility index (Phi) is 2.69. The van der Waals surface area contributed by atoms with Gasteiger partial charge in [0.15, 0.2) is 0 Å². The van der Waals surface area contributed by atoms with E-state index in [1.165, 1.54) is 0 Å². The van der Waals surface area contributed by atoms with E-state index in [9.17, 15) is 0 Å². The Morgan fingerprint density at radius 1 is 1.64 bits per heavy atom. The van der Waals surface area contributed by atoms with Gasteiger partial charge in [0.05, 0.1) is 18.4 Å². The van der Waals surface area contributed by atoms with Crippen molar-refractivity contribution in [1.29, 1.82) is 0 Å². The van der Waals surface area contributed by atoms with Crippen LogP contribution in [0, 0.1) is 0 Å². The van der Waals surface area contributed by atoms with Gasteiger partial charge in [-0.3, -0.25) is 4.99 Å². The van der Waals surface area contributed by atoms with Crippen LogP contribution in [0.5, 0.6) is 0 Å². The molecular weight excluding hydrogens is 138 g/mol. The quantitative estimate of drug-likeness (QED) is 0.595. The molecule has 1 unspecified atom stereocenters. The molecule has 2 nitrogen and oxygen atoms in total. The Hall–Kier alpha value is -0.790. The minimum atomic E-state index is 0.251. The maximum Gasteiger partial charge on any atom is 0.133 e. The van der Waals surface area contributed by atoms with Crippen molar-refractivity contribution in [3.63, 3.8) is 0 Å². The van der Waals surface area contributed by atoms with E-state index in [0.717, 1.165) is 12.2 Å². The standard InChI is InChI=1S/C9H15NO/c1-7(2)11-9-5-4-8(3)10-6-9/h5-8H,4H2,1-3H3. The Labute approximate surface area is 68.0 Å². The largest absolute Gasteiger partial charge is 0.490 e. The second-order valence-electron chi connectivity index (χ2n) is 3.14. The van der Waals surface area contributed by atoms with Crippen molar-refractivity contribution in [1.82, 2.24) is 0 Å². The van der Waals surface area contributed by atoms with E-state index in [2.05, 4.69) is 18.0 Å². The van der Waals surface area contributed by atoms with Gasteiger partial charge in [-0.15, -0.1) is 0 Å². The van der Waals surface area contributed by atoms with Crippen molar-refractivity contribution >= 4 is 6.21 Å². The maximum atomic E-state index is 5.45. The van der Waals surface area contributed by atoms with E-state index in [1.54, 1.807) is 0 Å². The minimum absolute atomic E-state index is 0.251. The lowest BCUT2D eigenvalue weighted by molar-refractivity contribution is 0.163. The van der Waals surface area contributed by atoms with Crippen LogP contribution in [0.25, 0.3) is 0 Å². The highest BCUT2D eigenvalue weighted by atomic mass is 16.5. The van der Waals surface area contributed by atoms with Gasteiger partial charge in [-0.25, -0.2) is 0 Å². The Bertz CT molecular complexity index is 182. The fourth-order valence-electron chi connectivity index (χ4n) is 0.952. The molecule has 1 atom stereocenters. The monoisotopic (exact) mass is 153 g/mol. The molecule has 0 amide bonds. The van der Waals surface area contributed by atoms with Crippen LogP contribution in [0.4, 0.5) is 0 Å². The fourth-order valence-corrected chi connectivity index (χ4v) is 0.952. The van der Waals surface area contributed by atoms with Crippen molar-refractivity contribution < 1.29 is 4.74 Å². The van der Waals surface area contributed by atoms with Crippen LogP contribution in [-0.2, 0) is 4.74 Å². The Morgan fingerprint density at radius 3 is 2.82 bits per heavy atom. The molecule has 0 saturated heterocycles. The third-order valence-corrected chi connectivity index (χ3v) is 1.49. The molecule has 2 heteroatoms. The molecule has 0 bridgehead atoms. The molecule has 0 fully saturated rings. The molecule has 0 radical (unpaired) electrons. The van der Waals surface area contributed by atoms with E-state index in [0.29, 0.717) is 6.04 Å². The van der Waals surface area contributed by atoms with Crippen LogP contribution < -0.4 is 0 Å². The van der Waals surface area contributed by atoms with E-state index >= 15 is 0 Å². The lowest BCUT2D eigenvalue weighted by Gasteiger charge is -2.14. The van der Waals surface area contributed by atoms with E-state index in [1.807, 2.05) is 20.1 Å². The van der Waals surface area contributed by atoms with Gasteiger partial charge in [0.2, 0.25) is 0 Å². The van der Waals surface area contributed by atoms with Gasteiger partial charge in [0.25, 0.3) is 0 Å². The van der Waals surface area contributed by atoms with Crippen molar-refractivity contribution in [3.05, 3.63) is 11.8 Å². The predicted octanol–water partition coefficient (Wildman–Crippen LogP) is 2.16. The first-order valence-corrected chi connectivity index (χ1v) is 4.08. The van der Waals surface area contributed by atoms with Gasteiger partial charge in [0.1, 0.15) is 5.76 Å². The van der Waals surface area contributed by atoms with E-state index in [4.69, 9.17) is 4.74 Å². The summed E-state index contributed by atoms with van der Waals surface area (Å²) >= 11 is 0. The average molecular weight is 153 g/mol. The molecule has 1 aliphatic heterocycles. The first-order chi connectivity index (χ1) is 5.18. The number of hydrogen-bond acceptors (Lipinski definition) is 2. The van der Waals surface area contributed by atoms with Crippen LogP contribution in [0.2, 0.25) is 0 Å². The second kappa shape index (κ2) is 3.56. The zero-order chi connectivity index (χ0) is 8.27. The number of aliphatic imine (C=N–C) groups is 1. The zero-order valence-electron chi connectivity index (χ0n) is 7.37. The molecule has 0 saturated carbocycles. The fraction of sp³-hybridized carbons (Fsp3) is 0.667. The lowest BCUT2D eigenvalue weighted by atomic mass is 10.2. The summed E-state index contributed by atoms with van der Waals surface area (Å²) in [6.07, 6.45) is 5.16. The van der Waals surface area contributed by atoms with Crippen molar-refractivity contribution in [2.24, 2.45) is 4.99 Å². The summed E-state index contributed by atoms with van der Waals surface area (Å²) in [4.78, 5) is 4.25. The molecule has 11 heavy (non-hydrogen) atoms. The van der Waals surface area contributed by atoms with Crippen molar-refractivity contribution in [2.45, 2.75) is 39.3 Å². The van der Waals surface area contributed by atoms with Gasteiger partial charge in [0, 0.05) is 0 Å². The molecule has 0 aromatic carbocycles.